The third-order valence-electron chi connectivity index (χ3n) is 4.41. The molecule has 0 amide bonds. The predicted octanol–water partition coefficient (Wildman–Crippen LogP) is 3.29. The minimum absolute atomic E-state index is 0.0102. The number of hydrogen-bond donors (Lipinski definition) is 2. The number of aromatic nitrogens is 1. The van der Waals surface area contributed by atoms with Gasteiger partial charge in [-0.05, 0) is 33.3 Å². The summed E-state index contributed by atoms with van der Waals surface area (Å²) in [6.45, 7) is 6.05. The summed E-state index contributed by atoms with van der Waals surface area (Å²) in [7, 11) is 0. The number of aromatic carboxylic acids is 1. The quantitative estimate of drug-likeness (QED) is 0.408. The molecule has 29 heavy (non-hydrogen) atoms. The van der Waals surface area contributed by atoms with Gasteiger partial charge in [0, 0.05) is 30.7 Å². The lowest BCUT2D eigenvalue weighted by molar-refractivity contribution is -0.384. The number of non-ortho nitro benzene ring substituents is 1. The van der Waals surface area contributed by atoms with E-state index < -0.39 is 22.5 Å². The van der Waals surface area contributed by atoms with E-state index in [0.717, 1.165) is 0 Å². The zero-order chi connectivity index (χ0) is 21.9. The Balaban J connectivity index is 2.79. The fourth-order valence-electron chi connectivity index (χ4n) is 3.05. The van der Waals surface area contributed by atoms with Crippen LogP contribution >= 0.6 is 0 Å². The van der Waals surface area contributed by atoms with E-state index in [4.69, 9.17) is 9.84 Å². The zero-order valence-electron chi connectivity index (χ0n) is 16.6. The lowest BCUT2D eigenvalue weighted by atomic mass is 9.92. The van der Waals surface area contributed by atoms with E-state index >= 15 is 0 Å². The van der Waals surface area contributed by atoms with Gasteiger partial charge in [0.2, 0.25) is 0 Å². The van der Waals surface area contributed by atoms with E-state index in [1.54, 1.807) is 13.8 Å². The van der Waals surface area contributed by atoms with E-state index in [0.29, 0.717) is 0 Å². The molecule has 1 heterocycles. The van der Waals surface area contributed by atoms with Crippen LogP contribution in [0.15, 0.2) is 24.3 Å². The number of rotatable bonds is 7. The van der Waals surface area contributed by atoms with E-state index in [2.05, 4.69) is 4.98 Å². The molecule has 9 heteroatoms. The lowest BCUT2D eigenvalue weighted by Gasteiger charge is -2.25. The van der Waals surface area contributed by atoms with Gasteiger partial charge in [0.15, 0.2) is 0 Å². The lowest BCUT2D eigenvalue weighted by Crippen LogP contribution is -2.30. The van der Waals surface area contributed by atoms with E-state index in [9.17, 15) is 24.8 Å². The fourth-order valence-corrected chi connectivity index (χ4v) is 3.05. The van der Waals surface area contributed by atoms with Gasteiger partial charge >= 0.3 is 11.9 Å². The van der Waals surface area contributed by atoms with Crippen molar-refractivity contribution in [1.82, 2.24) is 4.98 Å². The number of aliphatic hydroxyl groups is 1. The van der Waals surface area contributed by atoms with Gasteiger partial charge in [0.1, 0.15) is 5.60 Å². The van der Waals surface area contributed by atoms with Crippen molar-refractivity contribution in [2.75, 3.05) is 6.61 Å². The highest BCUT2D eigenvalue weighted by atomic mass is 16.6. The average molecular weight is 402 g/mol. The Morgan fingerprint density at radius 1 is 1.21 bits per heavy atom. The summed E-state index contributed by atoms with van der Waals surface area (Å²) in [4.78, 5) is 39.7. The molecule has 2 aromatic rings. The Labute approximate surface area is 167 Å². The number of carbonyl (C=O) groups is 2. The molecule has 0 radical (unpaired) electrons. The summed E-state index contributed by atoms with van der Waals surface area (Å²) >= 11 is 0. The molecule has 0 aliphatic rings. The summed E-state index contributed by atoms with van der Waals surface area (Å²) in [6, 6.07) is 5.38. The van der Waals surface area contributed by atoms with Gasteiger partial charge in [-0.1, -0.05) is 12.1 Å². The van der Waals surface area contributed by atoms with Gasteiger partial charge in [-0.15, -0.1) is 0 Å². The minimum atomic E-state index is -1.32. The molecule has 0 aliphatic heterocycles. The third-order valence-corrected chi connectivity index (χ3v) is 4.41. The van der Waals surface area contributed by atoms with E-state index in [1.165, 1.54) is 38.1 Å². The van der Waals surface area contributed by atoms with Crippen LogP contribution in [0.5, 0.6) is 0 Å². The molecule has 0 fully saturated rings. The van der Waals surface area contributed by atoms with E-state index in [-0.39, 0.29) is 52.4 Å². The number of esters is 1. The van der Waals surface area contributed by atoms with Crippen molar-refractivity contribution in [1.29, 1.82) is 0 Å². The number of aryl methyl sites for hydroxylation is 2. The van der Waals surface area contributed by atoms with Crippen molar-refractivity contribution in [3.8, 4) is 11.1 Å². The molecule has 0 saturated carbocycles. The van der Waals surface area contributed by atoms with Crippen molar-refractivity contribution in [2.45, 2.75) is 39.7 Å². The molecule has 154 valence electrons. The van der Waals surface area contributed by atoms with Crippen LogP contribution in [0.1, 0.15) is 52.4 Å². The molecular formula is C20H22N2O7. The van der Waals surface area contributed by atoms with Crippen LogP contribution in [0.25, 0.3) is 11.1 Å². The van der Waals surface area contributed by atoms with Gasteiger partial charge in [-0.25, -0.2) is 9.59 Å². The largest absolute Gasteiger partial charge is 0.478 e. The Morgan fingerprint density at radius 2 is 1.83 bits per heavy atom. The summed E-state index contributed by atoms with van der Waals surface area (Å²) < 4.78 is 5.49. The van der Waals surface area contributed by atoms with Gasteiger partial charge in [0.05, 0.1) is 27.4 Å². The summed E-state index contributed by atoms with van der Waals surface area (Å²) in [6.07, 6.45) is 0.176. The number of aliphatic hydroxyl groups excluding tert-OH is 1. The number of nitro benzene ring substituents is 1. The molecule has 1 aromatic heterocycles. The number of carboxylic acids is 1. The first kappa shape index (κ1) is 22.0. The highest BCUT2D eigenvalue weighted by molar-refractivity contribution is 6.06. The normalized spacial score (nSPS) is 11.2. The maximum Gasteiger partial charge on any atom is 0.341 e. The second-order valence-corrected chi connectivity index (χ2v) is 7.14. The minimum Gasteiger partial charge on any atom is -0.478 e. The fraction of sp³-hybridized carbons (Fsp3) is 0.350. The molecule has 0 atom stereocenters. The molecule has 0 saturated heterocycles. The highest BCUT2D eigenvalue weighted by Crippen LogP contribution is 2.34. The summed E-state index contributed by atoms with van der Waals surface area (Å²) in [5.41, 5.74) is -0.963. The van der Waals surface area contributed by atoms with Crippen LogP contribution in [0, 0.1) is 24.0 Å². The number of benzene rings is 1. The van der Waals surface area contributed by atoms with E-state index in [1.807, 2.05) is 0 Å². The smallest absolute Gasteiger partial charge is 0.341 e. The van der Waals surface area contributed by atoms with Crippen molar-refractivity contribution in [2.24, 2.45) is 0 Å². The standard InChI is InChI=1S/C20H22N2O7/c1-11-15(18(24)25)17(13-6-5-7-14(10-13)22(27)28)16(12(2)21-11)19(26)29-20(3,4)8-9-23/h5-7,10,23H,8-9H2,1-4H3,(H,24,25). The Morgan fingerprint density at radius 3 is 2.38 bits per heavy atom. The molecular weight excluding hydrogens is 380 g/mol. The summed E-state index contributed by atoms with van der Waals surface area (Å²) in [5.74, 6) is -2.14. The number of hydrogen-bond acceptors (Lipinski definition) is 7. The van der Waals surface area contributed by atoms with Crippen LogP contribution in [0.3, 0.4) is 0 Å². The second kappa shape index (κ2) is 8.36. The topological polar surface area (TPSA) is 140 Å². The zero-order valence-corrected chi connectivity index (χ0v) is 16.6. The number of carboxylic acid groups (broad SMARTS) is 1. The van der Waals surface area contributed by atoms with Gasteiger partial charge in [-0.3, -0.25) is 15.1 Å². The van der Waals surface area contributed by atoms with Crippen molar-refractivity contribution < 1.29 is 29.5 Å². The number of ether oxygens (including phenoxy) is 1. The van der Waals surface area contributed by atoms with Crippen LogP contribution in [0.4, 0.5) is 5.69 Å². The summed E-state index contributed by atoms with van der Waals surface area (Å²) in [5, 5.41) is 30.1. The van der Waals surface area contributed by atoms with Gasteiger partial charge < -0.3 is 14.9 Å². The molecule has 0 aliphatic carbocycles. The highest BCUT2D eigenvalue weighted by Gasteiger charge is 2.31. The van der Waals surface area contributed by atoms with Crippen LogP contribution in [-0.2, 0) is 4.74 Å². The number of pyridine rings is 1. The molecule has 0 bridgehead atoms. The molecule has 2 N–H and O–H groups in total. The maximum atomic E-state index is 13.0. The average Bonchev–Trinajstić information content (AvgIpc) is 2.59. The Kier molecular flexibility index (Phi) is 6.33. The number of carbonyl (C=O) groups excluding carboxylic acids is 1. The Hall–Kier alpha value is -3.33. The number of nitrogens with zero attached hydrogens (tertiary/aromatic N) is 2. The van der Waals surface area contributed by atoms with Crippen molar-refractivity contribution in [3.63, 3.8) is 0 Å². The van der Waals surface area contributed by atoms with Crippen LogP contribution < -0.4 is 0 Å². The van der Waals surface area contributed by atoms with Gasteiger partial charge in [0.25, 0.3) is 5.69 Å². The molecule has 0 unspecified atom stereocenters. The molecule has 1 aromatic carbocycles. The third kappa shape index (κ3) is 4.75. The molecule has 2 rings (SSSR count). The van der Waals surface area contributed by atoms with Crippen molar-refractivity contribution in [3.05, 3.63) is 56.9 Å². The second-order valence-electron chi connectivity index (χ2n) is 7.14. The molecule has 9 nitrogen and oxygen atoms in total. The maximum absolute atomic E-state index is 13.0. The van der Waals surface area contributed by atoms with Gasteiger partial charge in [-0.2, -0.15) is 0 Å². The first-order chi connectivity index (χ1) is 13.5. The monoisotopic (exact) mass is 402 g/mol. The first-order valence-corrected chi connectivity index (χ1v) is 8.82. The number of nitro groups is 1. The van der Waals surface area contributed by atoms with Crippen molar-refractivity contribution >= 4 is 17.6 Å². The SMILES string of the molecule is Cc1nc(C)c(C(=O)OC(C)(C)CCO)c(-c2cccc([N+](=O)[O-])c2)c1C(=O)O. The first-order valence-electron chi connectivity index (χ1n) is 8.82. The van der Waals surface area contributed by atoms with Crippen LogP contribution in [-0.4, -0.2) is 44.3 Å². The molecule has 0 spiro atoms. The van der Waals surface area contributed by atoms with Crippen LogP contribution in [0.2, 0.25) is 0 Å². The Bertz CT molecular complexity index is 983. The predicted molar refractivity (Wildman–Crippen MR) is 104 cm³/mol.